The monoisotopic (exact) mass is 350 g/mol. The fourth-order valence-electron chi connectivity index (χ4n) is 1.93. The Morgan fingerprint density at radius 1 is 1.33 bits per heavy atom. The van der Waals surface area contributed by atoms with Gasteiger partial charge in [0.05, 0.1) is 25.1 Å². The van der Waals surface area contributed by atoms with E-state index in [1.165, 1.54) is 7.11 Å². The third-order valence-corrected chi connectivity index (χ3v) is 3.32. The summed E-state index contributed by atoms with van der Waals surface area (Å²) in [4.78, 5) is 20.7. The van der Waals surface area contributed by atoms with Crippen LogP contribution in [0.5, 0.6) is 6.01 Å². The maximum Gasteiger partial charge on any atom is 0.342 e. The average molecular weight is 351 g/mol. The largest absolute Gasteiger partial charge is 0.467 e. The van der Waals surface area contributed by atoms with Crippen LogP contribution in [0.15, 0.2) is 28.7 Å². The number of hydrogen-bond acceptors (Lipinski definition) is 5. The molecule has 0 radical (unpaired) electrons. The molecule has 21 heavy (non-hydrogen) atoms. The highest BCUT2D eigenvalue weighted by atomic mass is 79.9. The predicted molar refractivity (Wildman–Crippen MR) is 82.4 cm³/mol. The summed E-state index contributed by atoms with van der Waals surface area (Å²) < 4.78 is 11.1. The zero-order valence-electron chi connectivity index (χ0n) is 12.0. The van der Waals surface area contributed by atoms with Gasteiger partial charge in [-0.15, -0.1) is 0 Å². The summed E-state index contributed by atoms with van der Waals surface area (Å²) in [7, 11) is 1.49. The van der Waals surface area contributed by atoms with Crippen LogP contribution in [0.25, 0.3) is 11.3 Å². The zero-order valence-corrected chi connectivity index (χ0v) is 13.6. The lowest BCUT2D eigenvalue weighted by molar-refractivity contribution is 0.0525. The molecular formula is C15H15BrN2O3. The van der Waals surface area contributed by atoms with Gasteiger partial charge < -0.3 is 9.47 Å². The van der Waals surface area contributed by atoms with Gasteiger partial charge in [-0.25, -0.2) is 4.79 Å². The van der Waals surface area contributed by atoms with Crippen molar-refractivity contribution in [1.82, 2.24) is 9.97 Å². The van der Waals surface area contributed by atoms with Crippen molar-refractivity contribution in [3.63, 3.8) is 0 Å². The molecule has 2 aromatic rings. The Morgan fingerprint density at radius 3 is 2.71 bits per heavy atom. The third kappa shape index (κ3) is 3.39. The molecule has 0 unspecified atom stereocenters. The predicted octanol–water partition coefficient (Wildman–Crippen LogP) is 3.40. The van der Waals surface area contributed by atoms with Crippen LogP contribution in [0.2, 0.25) is 0 Å². The van der Waals surface area contributed by atoms with Crippen LogP contribution in [0.4, 0.5) is 0 Å². The van der Waals surface area contributed by atoms with E-state index in [0.29, 0.717) is 23.6 Å². The Hall–Kier alpha value is -1.95. The van der Waals surface area contributed by atoms with Crippen LogP contribution >= 0.6 is 15.9 Å². The van der Waals surface area contributed by atoms with E-state index in [9.17, 15) is 4.79 Å². The van der Waals surface area contributed by atoms with E-state index < -0.39 is 5.97 Å². The molecule has 5 nitrogen and oxygen atoms in total. The summed E-state index contributed by atoms with van der Waals surface area (Å²) in [5, 5.41) is 0. The molecule has 1 heterocycles. The van der Waals surface area contributed by atoms with Crippen molar-refractivity contribution in [1.29, 1.82) is 0 Å². The van der Waals surface area contributed by atoms with Gasteiger partial charge >= 0.3 is 12.0 Å². The number of halogens is 1. The fourth-order valence-corrected chi connectivity index (χ4v) is 2.33. The SMILES string of the molecule is CCOC(=O)c1c(C)nc(OC)nc1-c1cccc(Br)c1. The quantitative estimate of drug-likeness (QED) is 0.790. The Labute approximate surface area is 131 Å². The van der Waals surface area contributed by atoms with E-state index in [4.69, 9.17) is 9.47 Å². The van der Waals surface area contributed by atoms with Crippen LogP contribution in [-0.2, 0) is 4.74 Å². The first-order valence-corrected chi connectivity index (χ1v) is 7.21. The first kappa shape index (κ1) is 15.4. The number of methoxy groups -OCH3 is 1. The minimum Gasteiger partial charge on any atom is -0.467 e. The van der Waals surface area contributed by atoms with E-state index in [-0.39, 0.29) is 6.01 Å². The lowest BCUT2D eigenvalue weighted by Gasteiger charge is -2.12. The molecule has 0 saturated heterocycles. The molecule has 0 saturated carbocycles. The molecular weight excluding hydrogens is 336 g/mol. The minimum absolute atomic E-state index is 0.218. The van der Waals surface area contributed by atoms with Crippen molar-refractivity contribution in [2.75, 3.05) is 13.7 Å². The summed E-state index contributed by atoms with van der Waals surface area (Å²) in [6, 6.07) is 7.74. The lowest BCUT2D eigenvalue weighted by atomic mass is 10.0. The van der Waals surface area contributed by atoms with Crippen molar-refractivity contribution < 1.29 is 14.3 Å². The fraction of sp³-hybridized carbons (Fsp3) is 0.267. The Balaban J connectivity index is 2.66. The maximum atomic E-state index is 12.2. The molecule has 0 aliphatic heterocycles. The molecule has 0 aliphatic rings. The van der Waals surface area contributed by atoms with Crippen LogP contribution < -0.4 is 4.74 Å². The molecule has 6 heteroatoms. The number of aromatic nitrogens is 2. The van der Waals surface area contributed by atoms with Crippen molar-refractivity contribution in [2.45, 2.75) is 13.8 Å². The summed E-state index contributed by atoms with van der Waals surface area (Å²) in [6.07, 6.45) is 0. The highest BCUT2D eigenvalue weighted by molar-refractivity contribution is 9.10. The number of rotatable bonds is 4. The summed E-state index contributed by atoms with van der Waals surface area (Å²) in [5.41, 5.74) is 2.17. The Bertz CT molecular complexity index is 674. The Morgan fingerprint density at radius 2 is 2.10 bits per heavy atom. The van der Waals surface area contributed by atoms with Gasteiger partial charge in [0, 0.05) is 10.0 Å². The number of ether oxygens (including phenoxy) is 2. The number of nitrogens with zero attached hydrogens (tertiary/aromatic N) is 2. The number of aryl methyl sites for hydroxylation is 1. The highest BCUT2D eigenvalue weighted by Gasteiger charge is 2.21. The van der Waals surface area contributed by atoms with Crippen LogP contribution in [0.1, 0.15) is 23.0 Å². The molecule has 0 fully saturated rings. The van der Waals surface area contributed by atoms with Crippen LogP contribution in [0, 0.1) is 6.92 Å². The lowest BCUT2D eigenvalue weighted by Crippen LogP contribution is -2.12. The van der Waals surface area contributed by atoms with Gasteiger partial charge in [0.1, 0.15) is 5.56 Å². The van der Waals surface area contributed by atoms with Crippen molar-refractivity contribution in [3.8, 4) is 17.3 Å². The van der Waals surface area contributed by atoms with Gasteiger partial charge in [0.2, 0.25) is 0 Å². The van der Waals surface area contributed by atoms with E-state index in [0.717, 1.165) is 10.0 Å². The average Bonchev–Trinajstić information content (AvgIpc) is 2.46. The first-order chi connectivity index (χ1) is 10.1. The standard InChI is InChI=1S/C15H15BrN2O3/c1-4-21-14(19)12-9(2)17-15(20-3)18-13(12)10-6-5-7-11(16)8-10/h5-8H,4H2,1-3H3. The van der Waals surface area contributed by atoms with E-state index in [1.54, 1.807) is 13.8 Å². The number of carbonyl (C=O) groups is 1. The number of hydrogen-bond donors (Lipinski definition) is 0. The van der Waals surface area contributed by atoms with E-state index >= 15 is 0 Å². The Kier molecular flexibility index (Phi) is 4.90. The second kappa shape index (κ2) is 6.67. The molecule has 0 bridgehead atoms. The molecule has 0 atom stereocenters. The number of carbonyl (C=O) groups excluding carboxylic acids is 1. The topological polar surface area (TPSA) is 61.3 Å². The molecule has 1 aromatic carbocycles. The third-order valence-electron chi connectivity index (χ3n) is 2.83. The van der Waals surface area contributed by atoms with E-state index in [2.05, 4.69) is 25.9 Å². The van der Waals surface area contributed by atoms with Gasteiger partial charge in [-0.05, 0) is 26.0 Å². The van der Waals surface area contributed by atoms with Crippen LogP contribution in [-0.4, -0.2) is 29.7 Å². The normalized spacial score (nSPS) is 10.3. The summed E-state index contributed by atoms with van der Waals surface area (Å²) in [6.45, 7) is 3.79. The maximum absolute atomic E-state index is 12.2. The van der Waals surface area contributed by atoms with Crippen LogP contribution in [0.3, 0.4) is 0 Å². The van der Waals surface area contributed by atoms with Gasteiger partial charge in [0.15, 0.2) is 0 Å². The van der Waals surface area contributed by atoms with Gasteiger partial charge in [0.25, 0.3) is 0 Å². The number of esters is 1. The zero-order chi connectivity index (χ0) is 15.4. The van der Waals surface area contributed by atoms with Crippen molar-refractivity contribution >= 4 is 21.9 Å². The molecule has 0 amide bonds. The second-order valence-electron chi connectivity index (χ2n) is 4.25. The minimum atomic E-state index is -0.437. The van der Waals surface area contributed by atoms with Crippen molar-refractivity contribution in [2.24, 2.45) is 0 Å². The summed E-state index contributed by atoms with van der Waals surface area (Å²) in [5.74, 6) is -0.437. The first-order valence-electron chi connectivity index (χ1n) is 6.42. The summed E-state index contributed by atoms with van der Waals surface area (Å²) >= 11 is 3.42. The highest BCUT2D eigenvalue weighted by Crippen LogP contribution is 2.28. The van der Waals surface area contributed by atoms with Gasteiger partial charge in [-0.2, -0.15) is 9.97 Å². The molecule has 110 valence electrons. The number of benzene rings is 1. The van der Waals surface area contributed by atoms with Gasteiger partial charge in [-0.1, -0.05) is 28.1 Å². The molecule has 0 spiro atoms. The second-order valence-corrected chi connectivity index (χ2v) is 5.17. The molecule has 0 N–H and O–H groups in total. The molecule has 0 aliphatic carbocycles. The van der Waals surface area contributed by atoms with E-state index in [1.807, 2.05) is 24.3 Å². The molecule has 2 rings (SSSR count). The smallest absolute Gasteiger partial charge is 0.342 e. The van der Waals surface area contributed by atoms with Crippen molar-refractivity contribution in [3.05, 3.63) is 40.0 Å². The molecule has 1 aromatic heterocycles. The van der Waals surface area contributed by atoms with Gasteiger partial charge in [-0.3, -0.25) is 0 Å².